The van der Waals surface area contributed by atoms with Crippen molar-refractivity contribution in [3.63, 3.8) is 0 Å². The summed E-state index contributed by atoms with van der Waals surface area (Å²) in [7, 11) is -3.12. The van der Waals surface area contributed by atoms with Crippen molar-refractivity contribution in [3.8, 4) is 0 Å². The second-order valence-electron chi connectivity index (χ2n) is 5.64. The quantitative estimate of drug-likeness (QED) is 0.419. The fraction of sp³-hybridized carbons (Fsp3) is 0.941. The molecule has 0 aromatic carbocycles. The Kier molecular flexibility index (Phi) is 12.3. The van der Waals surface area contributed by atoms with Gasteiger partial charge in [-0.05, 0) is 45.8 Å². The van der Waals surface area contributed by atoms with Crippen LogP contribution in [0.2, 0.25) is 5.54 Å². The Morgan fingerprint density at radius 2 is 1.50 bits per heavy atom. The van der Waals surface area contributed by atoms with E-state index < -0.39 is 19.5 Å². The molecule has 0 saturated carbocycles. The van der Waals surface area contributed by atoms with Crippen LogP contribution in [0.25, 0.3) is 0 Å². The molecule has 0 radical (unpaired) electrons. The van der Waals surface area contributed by atoms with Crippen LogP contribution in [0.1, 0.15) is 67.2 Å². The molecule has 0 aliphatic rings. The molecule has 0 aliphatic heterocycles. The van der Waals surface area contributed by atoms with Crippen LogP contribution in [0.15, 0.2) is 0 Å². The Labute approximate surface area is 153 Å². The molecule has 0 amide bonds. The molecule has 0 bridgehead atoms. The third-order valence-corrected chi connectivity index (χ3v) is 9.85. The number of thioether (sulfide) groups is 1. The highest BCUT2D eigenvalue weighted by molar-refractivity contribution is 8.01. The Morgan fingerprint density at radius 1 is 1.00 bits per heavy atom. The molecule has 1 N–H and O–H groups in total. The zero-order chi connectivity index (χ0) is 18.6. The predicted molar refractivity (Wildman–Crippen MR) is 103 cm³/mol. The van der Waals surface area contributed by atoms with Crippen molar-refractivity contribution in [3.05, 3.63) is 0 Å². The molecule has 0 saturated heterocycles. The first-order valence-electron chi connectivity index (χ1n) is 9.23. The Hall–Kier alpha value is -0.0831. The summed E-state index contributed by atoms with van der Waals surface area (Å²) in [6.07, 6.45) is 3.06. The summed E-state index contributed by atoms with van der Waals surface area (Å²) in [4.78, 5) is 12.4. The molecule has 144 valence electrons. The van der Waals surface area contributed by atoms with E-state index in [0.717, 1.165) is 25.0 Å². The van der Waals surface area contributed by atoms with Gasteiger partial charge in [-0.15, -0.1) is 11.8 Å². The van der Waals surface area contributed by atoms with Crippen LogP contribution < -0.4 is 0 Å². The van der Waals surface area contributed by atoms with Gasteiger partial charge in [0, 0.05) is 19.8 Å². The number of hydrogen-bond acceptors (Lipinski definition) is 5. The minimum atomic E-state index is -3.12. The van der Waals surface area contributed by atoms with E-state index in [0.29, 0.717) is 26.2 Å². The van der Waals surface area contributed by atoms with Crippen molar-refractivity contribution in [2.24, 2.45) is 0 Å². The molecule has 0 fully saturated rings. The maximum atomic E-state index is 12.4. The molecule has 24 heavy (non-hydrogen) atoms. The first kappa shape index (κ1) is 23.9. The van der Waals surface area contributed by atoms with E-state index in [2.05, 4.69) is 13.8 Å². The lowest BCUT2D eigenvalue weighted by Crippen LogP contribution is -2.59. The van der Waals surface area contributed by atoms with Crippen molar-refractivity contribution in [1.29, 1.82) is 0 Å². The Balaban J connectivity index is 6.12. The summed E-state index contributed by atoms with van der Waals surface area (Å²) in [6.45, 7) is 13.2. The lowest BCUT2D eigenvalue weighted by atomic mass is 9.97. The number of aliphatic carboxylic acids is 1. The largest absolute Gasteiger partial charge is 0.506 e. The summed E-state index contributed by atoms with van der Waals surface area (Å²) in [6, 6.07) is 0. The molecule has 5 nitrogen and oxygen atoms in total. The second kappa shape index (κ2) is 12.3. The van der Waals surface area contributed by atoms with Crippen LogP contribution in [0.4, 0.5) is 0 Å². The summed E-state index contributed by atoms with van der Waals surface area (Å²) in [5, 5.41) is 10.2. The maximum absolute atomic E-state index is 12.4. The number of carboxylic acids is 1. The SMILES string of the molecule is CCCSC(CC)(C(=O)O)C(CCC)[Si](OCC)(OCC)OCC. The van der Waals surface area contributed by atoms with E-state index in [-0.39, 0.29) is 5.54 Å². The van der Waals surface area contributed by atoms with Crippen molar-refractivity contribution in [2.75, 3.05) is 25.6 Å². The van der Waals surface area contributed by atoms with Gasteiger partial charge in [-0.1, -0.05) is 27.2 Å². The van der Waals surface area contributed by atoms with Gasteiger partial charge in [0.05, 0.1) is 5.54 Å². The monoisotopic (exact) mass is 380 g/mol. The summed E-state index contributed by atoms with van der Waals surface area (Å²) in [5.41, 5.74) is -0.256. The van der Waals surface area contributed by atoms with Gasteiger partial charge < -0.3 is 18.4 Å². The fourth-order valence-electron chi connectivity index (χ4n) is 3.11. The predicted octanol–water partition coefficient (Wildman–Crippen LogP) is 4.58. The molecule has 0 spiro atoms. The molecular formula is C17H36O5SSi. The van der Waals surface area contributed by atoms with Crippen molar-refractivity contribution < 1.29 is 23.2 Å². The average Bonchev–Trinajstić information content (AvgIpc) is 2.55. The van der Waals surface area contributed by atoms with Gasteiger partial charge in [0.2, 0.25) is 0 Å². The van der Waals surface area contributed by atoms with Crippen molar-refractivity contribution >= 4 is 26.5 Å². The highest BCUT2D eigenvalue weighted by Gasteiger charge is 2.61. The third kappa shape index (κ3) is 5.73. The van der Waals surface area contributed by atoms with Crippen molar-refractivity contribution in [1.82, 2.24) is 0 Å². The van der Waals surface area contributed by atoms with E-state index in [1.54, 1.807) is 0 Å². The van der Waals surface area contributed by atoms with Crippen molar-refractivity contribution in [2.45, 2.75) is 77.5 Å². The number of carboxylic acid groups (broad SMARTS) is 1. The standard InChI is InChI=1S/C17H36O5SSi/c1-7-13-15(17(9-3,16(18)19)23-14-8-2)24(20-10-4,21-11-5)22-12-6/h15H,7-14H2,1-6H3,(H,18,19). The smallest absolute Gasteiger partial charge is 0.480 e. The molecule has 0 aromatic rings. The van der Waals surface area contributed by atoms with E-state index >= 15 is 0 Å². The Morgan fingerprint density at radius 3 is 1.79 bits per heavy atom. The van der Waals surface area contributed by atoms with Crippen LogP contribution in [-0.4, -0.2) is 50.2 Å². The first-order chi connectivity index (χ1) is 11.4. The first-order valence-corrected chi connectivity index (χ1v) is 12.0. The lowest BCUT2D eigenvalue weighted by Gasteiger charge is -2.44. The average molecular weight is 381 g/mol. The normalized spacial score (nSPS) is 15.9. The Bertz CT molecular complexity index is 339. The molecule has 0 aromatic heterocycles. The number of carbonyl (C=O) groups is 1. The molecule has 0 aliphatic carbocycles. The number of hydrogen-bond donors (Lipinski definition) is 1. The topological polar surface area (TPSA) is 65.0 Å². The molecule has 2 unspecified atom stereocenters. The van der Waals surface area contributed by atoms with Gasteiger partial charge >= 0.3 is 14.8 Å². The molecule has 0 rings (SSSR count). The molecule has 7 heteroatoms. The van der Waals surface area contributed by atoms with E-state index in [4.69, 9.17) is 13.3 Å². The zero-order valence-electron chi connectivity index (χ0n) is 16.2. The maximum Gasteiger partial charge on any atom is 0.506 e. The van der Waals surface area contributed by atoms with E-state index in [1.165, 1.54) is 11.8 Å². The van der Waals surface area contributed by atoms with E-state index in [1.807, 2.05) is 27.7 Å². The zero-order valence-corrected chi connectivity index (χ0v) is 18.0. The van der Waals surface area contributed by atoms with Crippen LogP contribution in [0, 0.1) is 0 Å². The minimum absolute atomic E-state index is 0.256. The van der Waals surface area contributed by atoms with Crippen LogP contribution in [-0.2, 0) is 18.1 Å². The van der Waals surface area contributed by atoms with Gasteiger partial charge in [-0.25, -0.2) is 0 Å². The minimum Gasteiger partial charge on any atom is -0.480 e. The van der Waals surface area contributed by atoms with Crippen LogP contribution in [0.3, 0.4) is 0 Å². The fourth-order valence-corrected chi connectivity index (χ4v) is 8.61. The molecule has 0 heterocycles. The van der Waals surface area contributed by atoms with Gasteiger partial charge in [0.25, 0.3) is 0 Å². The van der Waals surface area contributed by atoms with Gasteiger partial charge in [-0.3, -0.25) is 4.79 Å². The second-order valence-corrected chi connectivity index (χ2v) is 9.84. The van der Waals surface area contributed by atoms with Crippen LogP contribution >= 0.6 is 11.8 Å². The molecular weight excluding hydrogens is 344 g/mol. The summed E-state index contributed by atoms with van der Waals surface area (Å²) in [5.74, 6) is 0.0211. The lowest BCUT2D eigenvalue weighted by molar-refractivity contribution is -0.140. The van der Waals surface area contributed by atoms with Gasteiger partial charge in [-0.2, -0.15) is 0 Å². The summed E-state index contributed by atoms with van der Waals surface area (Å²) < 4.78 is 17.3. The van der Waals surface area contributed by atoms with Gasteiger partial charge in [0.15, 0.2) is 0 Å². The highest BCUT2D eigenvalue weighted by atomic mass is 32.2. The summed E-state index contributed by atoms with van der Waals surface area (Å²) >= 11 is 1.52. The number of rotatable bonds is 15. The highest BCUT2D eigenvalue weighted by Crippen LogP contribution is 2.49. The van der Waals surface area contributed by atoms with Crippen LogP contribution in [0.5, 0.6) is 0 Å². The third-order valence-electron chi connectivity index (χ3n) is 4.05. The van der Waals surface area contributed by atoms with E-state index in [9.17, 15) is 9.90 Å². The molecule has 2 atom stereocenters. The van der Waals surface area contributed by atoms with Gasteiger partial charge in [0.1, 0.15) is 4.75 Å².